The number of aromatic nitrogens is 5. The minimum Gasteiger partial charge on any atom is -0.278 e. The number of fused-ring (bicyclic) bond motifs is 1. The van der Waals surface area contributed by atoms with Crippen LogP contribution < -0.4 is 0 Å². The van der Waals surface area contributed by atoms with E-state index in [0.717, 1.165) is 46.0 Å². The van der Waals surface area contributed by atoms with Gasteiger partial charge >= 0.3 is 0 Å². The first-order chi connectivity index (χ1) is 10.5. The van der Waals surface area contributed by atoms with Crippen LogP contribution in [0.15, 0.2) is 12.1 Å². The van der Waals surface area contributed by atoms with Crippen molar-refractivity contribution in [2.24, 2.45) is 0 Å². The van der Waals surface area contributed by atoms with Gasteiger partial charge < -0.3 is 0 Å². The molecule has 0 aliphatic carbocycles. The molecule has 0 aliphatic heterocycles. The predicted molar refractivity (Wildman–Crippen MR) is 87.9 cm³/mol. The number of rotatable bonds is 3. The maximum Gasteiger partial charge on any atom is 0.200 e. The lowest BCUT2D eigenvalue weighted by Gasteiger charge is -2.12. The average Bonchev–Trinajstić information content (AvgIpc) is 2.86. The second-order valence-electron chi connectivity index (χ2n) is 5.92. The van der Waals surface area contributed by atoms with Crippen LogP contribution in [-0.4, -0.2) is 25.1 Å². The summed E-state index contributed by atoms with van der Waals surface area (Å²) in [7, 11) is 0. The van der Waals surface area contributed by atoms with Crippen LogP contribution >= 0.6 is 0 Å². The second-order valence-corrected chi connectivity index (χ2v) is 5.92. The van der Waals surface area contributed by atoms with E-state index in [4.69, 9.17) is 9.97 Å². The molecule has 0 unspecified atom stereocenters. The number of H-pyrrole nitrogens is 1. The highest BCUT2D eigenvalue weighted by molar-refractivity contribution is 5.78. The molecule has 0 atom stereocenters. The molecule has 0 bridgehead atoms. The first kappa shape index (κ1) is 14.6. The lowest BCUT2D eigenvalue weighted by Crippen LogP contribution is -2.02. The van der Waals surface area contributed by atoms with E-state index in [0.29, 0.717) is 11.6 Å². The van der Waals surface area contributed by atoms with Crippen molar-refractivity contribution in [1.29, 1.82) is 0 Å². The Hall–Kier alpha value is -2.30. The second kappa shape index (κ2) is 5.48. The van der Waals surface area contributed by atoms with E-state index in [1.165, 1.54) is 0 Å². The lowest BCUT2D eigenvalue weighted by molar-refractivity contribution is 0.816. The van der Waals surface area contributed by atoms with Crippen LogP contribution in [-0.2, 0) is 6.42 Å². The van der Waals surface area contributed by atoms with E-state index in [-0.39, 0.29) is 0 Å². The minimum atomic E-state index is 0.420. The Morgan fingerprint density at radius 3 is 2.50 bits per heavy atom. The SMILES string of the molecule is CCc1nc2n[nH]c(C)c2nc1-c1ccc(C(C)C)nc1C. The van der Waals surface area contributed by atoms with Crippen LogP contribution in [0.25, 0.3) is 22.4 Å². The first-order valence-electron chi connectivity index (χ1n) is 7.70. The van der Waals surface area contributed by atoms with Gasteiger partial charge in [0.2, 0.25) is 0 Å². The molecule has 5 heteroatoms. The highest BCUT2D eigenvalue weighted by Crippen LogP contribution is 2.27. The first-order valence-corrected chi connectivity index (χ1v) is 7.70. The molecule has 0 aliphatic rings. The van der Waals surface area contributed by atoms with Crippen molar-refractivity contribution in [2.75, 3.05) is 0 Å². The quantitative estimate of drug-likeness (QED) is 0.799. The van der Waals surface area contributed by atoms with Crippen molar-refractivity contribution >= 4 is 11.2 Å². The lowest BCUT2D eigenvalue weighted by atomic mass is 10.0. The summed E-state index contributed by atoms with van der Waals surface area (Å²) >= 11 is 0. The summed E-state index contributed by atoms with van der Waals surface area (Å²) in [4.78, 5) is 14.2. The highest BCUT2D eigenvalue weighted by atomic mass is 15.2. The van der Waals surface area contributed by atoms with Gasteiger partial charge in [0.25, 0.3) is 0 Å². The molecule has 3 aromatic rings. The normalized spacial score (nSPS) is 11.5. The standard InChI is InChI=1S/C17H21N5/c1-6-13-16(20-15-11(5)21-22-17(15)19-13)12-7-8-14(9(2)3)18-10(12)4/h7-9H,6H2,1-5H3,(H,19,21,22). The molecule has 0 saturated heterocycles. The molecule has 3 aromatic heterocycles. The summed E-state index contributed by atoms with van der Waals surface area (Å²) in [6, 6.07) is 4.20. The van der Waals surface area contributed by atoms with E-state index in [9.17, 15) is 0 Å². The molecule has 0 amide bonds. The molecule has 0 saturated carbocycles. The van der Waals surface area contributed by atoms with Crippen molar-refractivity contribution in [1.82, 2.24) is 25.1 Å². The van der Waals surface area contributed by atoms with Crippen molar-refractivity contribution in [3.63, 3.8) is 0 Å². The Morgan fingerprint density at radius 2 is 1.86 bits per heavy atom. The summed E-state index contributed by atoms with van der Waals surface area (Å²) < 4.78 is 0. The van der Waals surface area contributed by atoms with Crippen molar-refractivity contribution in [3.05, 3.63) is 34.9 Å². The number of aryl methyl sites for hydroxylation is 3. The number of pyridine rings is 1. The summed E-state index contributed by atoms with van der Waals surface area (Å²) in [5.41, 5.74) is 7.48. The van der Waals surface area contributed by atoms with Gasteiger partial charge in [0.05, 0.1) is 17.1 Å². The van der Waals surface area contributed by atoms with Crippen molar-refractivity contribution in [3.8, 4) is 11.3 Å². The molecule has 0 radical (unpaired) electrons. The Morgan fingerprint density at radius 1 is 1.09 bits per heavy atom. The molecule has 114 valence electrons. The number of nitrogens with one attached hydrogen (secondary N) is 1. The fourth-order valence-corrected chi connectivity index (χ4v) is 2.59. The molecule has 0 spiro atoms. The molecule has 1 N–H and O–H groups in total. The van der Waals surface area contributed by atoms with Gasteiger partial charge in [-0.25, -0.2) is 9.97 Å². The third-order valence-electron chi connectivity index (χ3n) is 3.92. The van der Waals surface area contributed by atoms with Gasteiger partial charge in [0.15, 0.2) is 5.65 Å². The molecular weight excluding hydrogens is 274 g/mol. The van der Waals surface area contributed by atoms with Crippen LogP contribution in [0.1, 0.15) is 49.5 Å². The van der Waals surface area contributed by atoms with Crippen LogP contribution in [0.2, 0.25) is 0 Å². The van der Waals surface area contributed by atoms with Gasteiger partial charge in [-0.05, 0) is 38.3 Å². The summed E-state index contributed by atoms with van der Waals surface area (Å²) in [6.07, 6.45) is 0.815. The smallest absolute Gasteiger partial charge is 0.200 e. The third kappa shape index (κ3) is 2.36. The van der Waals surface area contributed by atoms with Gasteiger partial charge in [0.1, 0.15) is 5.52 Å². The maximum atomic E-state index is 4.81. The van der Waals surface area contributed by atoms with E-state index in [1.807, 2.05) is 13.8 Å². The predicted octanol–water partition coefficient (Wildman–Crippen LogP) is 3.72. The van der Waals surface area contributed by atoms with E-state index in [1.54, 1.807) is 0 Å². The molecule has 3 heterocycles. The molecule has 0 fully saturated rings. The minimum absolute atomic E-state index is 0.420. The number of aromatic amines is 1. The van der Waals surface area contributed by atoms with E-state index < -0.39 is 0 Å². The summed E-state index contributed by atoms with van der Waals surface area (Å²) in [5, 5.41) is 7.16. The monoisotopic (exact) mass is 295 g/mol. The zero-order valence-electron chi connectivity index (χ0n) is 13.7. The average molecular weight is 295 g/mol. The Bertz CT molecular complexity index is 832. The number of hydrogen-bond donors (Lipinski definition) is 1. The largest absolute Gasteiger partial charge is 0.278 e. The fraction of sp³-hybridized carbons (Fsp3) is 0.412. The molecule has 0 aromatic carbocycles. The fourth-order valence-electron chi connectivity index (χ4n) is 2.59. The number of nitrogens with zero attached hydrogens (tertiary/aromatic N) is 4. The molecule has 3 rings (SSSR count). The van der Waals surface area contributed by atoms with Gasteiger partial charge in [-0.3, -0.25) is 10.1 Å². The zero-order chi connectivity index (χ0) is 15.9. The van der Waals surface area contributed by atoms with Crippen LogP contribution in [0.5, 0.6) is 0 Å². The maximum absolute atomic E-state index is 4.81. The summed E-state index contributed by atoms with van der Waals surface area (Å²) in [5.74, 6) is 0.420. The number of hydrogen-bond acceptors (Lipinski definition) is 4. The molecule has 22 heavy (non-hydrogen) atoms. The molecular formula is C17H21N5. The van der Waals surface area contributed by atoms with Crippen molar-refractivity contribution < 1.29 is 0 Å². The Balaban J connectivity index is 2.22. The van der Waals surface area contributed by atoms with Crippen molar-refractivity contribution in [2.45, 2.75) is 47.0 Å². The van der Waals surface area contributed by atoms with Crippen LogP contribution in [0, 0.1) is 13.8 Å². The van der Waals surface area contributed by atoms with Gasteiger partial charge in [0, 0.05) is 17.0 Å². The topological polar surface area (TPSA) is 67.3 Å². The summed E-state index contributed by atoms with van der Waals surface area (Å²) in [6.45, 7) is 10.4. The molecule has 5 nitrogen and oxygen atoms in total. The Kier molecular flexibility index (Phi) is 3.64. The van der Waals surface area contributed by atoms with Crippen LogP contribution in [0.3, 0.4) is 0 Å². The van der Waals surface area contributed by atoms with Gasteiger partial charge in [-0.2, -0.15) is 5.10 Å². The third-order valence-corrected chi connectivity index (χ3v) is 3.92. The Labute approximate surface area is 130 Å². The highest BCUT2D eigenvalue weighted by Gasteiger charge is 2.16. The van der Waals surface area contributed by atoms with Gasteiger partial charge in [-0.1, -0.05) is 20.8 Å². The zero-order valence-corrected chi connectivity index (χ0v) is 13.7. The van der Waals surface area contributed by atoms with Gasteiger partial charge in [-0.15, -0.1) is 0 Å². The van der Waals surface area contributed by atoms with E-state index in [2.05, 4.69) is 48.1 Å². The van der Waals surface area contributed by atoms with E-state index >= 15 is 0 Å². The van der Waals surface area contributed by atoms with Crippen LogP contribution in [0.4, 0.5) is 0 Å².